The van der Waals surface area contributed by atoms with Gasteiger partial charge < -0.3 is 18.9 Å². The zero-order valence-electron chi connectivity index (χ0n) is 16.7. The Hall–Kier alpha value is -1.03. The third-order valence-corrected chi connectivity index (χ3v) is 4.47. The lowest BCUT2D eigenvalue weighted by atomic mass is 10.1. The highest BCUT2D eigenvalue weighted by Gasteiger charge is 2.15. The van der Waals surface area contributed by atoms with Gasteiger partial charge in [-0.3, -0.25) is 4.55 Å². The molecule has 0 amide bonds. The number of aryl methyl sites for hydroxylation is 1. The first-order chi connectivity index (χ1) is 12.6. The first-order valence-electron chi connectivity index (χ1n) is 9.04. The highest BCUT2D eigenvalue weighted by Crippen LogP contribution is 2.18. The van der Waals surface area contributed by atoms with Crippen molar-refractivity contribution in [2.75, 3.05) is 46.2 Å². The second-order valence-corrected chi connectivity index (χ2v) is 8.52. The summed E-state index contributed by atoms with van der Waals surface area (Å²) in [6.45, 7) is 11.1. The molecule has 1 N–H and O–H groups in total. The quantitative estimate of drug-likeness (QED) is 0.399. The summed E-state index contributed by atoms with van der Waals surface area (Å²) >= 11 is 0. The van der Waals surface area contributed by atoms with E-state index in [0.29, 0.717) is 58.2 Å². The normalized spacial score (nSPS) is 12.5. The summed E-state index contributed by atoms with van der Waals surface area (Å²) in [4.78, 5) is -0.0689. The molecule has 1 aromatic carbocycles. The smallest absolute Gasteiger partial charge is 0.294 e. The van der Waals surface area contributed by atoms with Gasteiger partial charge in [0.15, 0.2) is 0 Å². The summed E-state index contributed by atoms with van der Waals surface area (Å²) < 4.78 is 53.9. The van der Waals surface area contributed by atoms with E-state index in [-0.39, 0.29) is 10.5 Å². The van der Waals surface area contributed by atoms with E-state index in [4.69, 9.17) is 18.9 Å². The van der Waals surface area contributed by atoms with Crippen molar-refractivity contribution < 1.29 is 31.9 Å². The Balaban J connectivity index is 2.09. The molecule has 0 fully saturated rings. The minimum Gasteiger partial charge on any atom is -0.379 e. The lowest BCUT2D eigenvalue weighted by Gasteiger charge is -2.19. The topological polar surface area (TPSA) is 91.3 Å². The van der Waals surface area contributed by atoms with Gasteiger partial charge in [-0.15, -0.1) is 0 Å². The molecule has 0 aliphatic carbocycles. The van der Waals surface area contributed by atoms with E-state index in [0.717, 1.165) is 5.56 Å². The van der Waals surface area contributed by atoms with Gasteiger partial charge in [0.2, 0.25) is 0 Å². The first-order valence-corrected chi connectivity index (χ1v) is 10.5. The van der Waals surface area contributed by atoms with Crippen LogP contribution in [-0.2, 0) is 35.5 Å². The fourth-order valence-corrected chi connectivity index (χ4v) is 3.02. The highest BCUT2D eigenvalue weighted by molar-refractivity contribution is 7.85. The van der Waals surface area contributed by atoms with Crippen LogP contribution in [0.2, 0.25) is 0 Å². The van der Waals surface area contributed by atoms with E-state index in [1.807, 2.05) is 27.7 Å². The molecule has 0 saturated heterocycles. The number of hydrogen-bond acceptors (Lipinski definition) is 6. The second kappa shape index (κ2) is 11.7. The summed E-state index contributed by atoms with van der Waals surface area (Å²) in [5.74, 6) is 0. The Bertz CT molecular complexity index is 651. The number of hydrogen-bond donors (Lipinski definition) is 1. The van der Waals surface area contributed by atoms with Crippen LogP contribution >= 0.6 is 0 Å². The molecule has 0 aliphatic heterocycles. The van der Waals surface area contributed by atoms with Crippen molar-refractivity contribution in [3.05, 3.63) is 29.3 Å². The van der Waals surface area contributed by atoms with E-state index >= 15 is 0 Å². The van der Waals surface area contributed by atoms with Gasteiger partial charge in [0.25, 0.3) is 10.1 Å². The molecule has 0 heterocycles. The highest BCUT2D eigenvalue weighted by atomic mass is 32.2. The first kappa shape index (κ1) is 24.0. The van der Waals surface area contributed by atoms with E-state index < -0.39 is 10.1 Å². The van der Waals surface area contributed by atoms with Gasteiger partial charge >= 0.3 is 0 Å². The molecule has 7 nitrogen and oxygen atoms in total. The maximum absolute atomic E-state index is 11.4. The number of rotatable bonds is 13. The predicted molar refractivity (Wildman–Crippen MR) is 103 cm³/mol. The molecule has 0 atom stereocenters. The lowest BCUT2D eigenvalue weighted by molar-refractivity contribution is -0.0449. The zero-order valence-corrected chi connectivity index (χ0v) is 17.5. The summed E-state index contributed by atoms with van der Waals surface area (Å²) in [5, 5.41) is 0. The molecule has 0 radical (unpaired) electrons. The van der Waals surface area contributed by atoms with Crippen molar-refractivity contribution in [3.63, 3.8) is 0 Å². The van der Waals surface area contributed by atoms with Gasteiger partial charge in [-0.1, -0.05) is 17.7 Å². The van der Waals surface area contributed by atoms with Crippen molar-refractivity contribution >= 4 is 10.1 Å². The summed E-state index contributed by atoms with van der Waals surface area (Å²) in [7, 11) is -4.23. The van der Waals surface area contributed by atoms with E-state index in [1.54, 1.807) is 12.1 Å². The van der Waals surface area contributed by atoms with Gasteiger partial charge in [-0.25, -0.2) is 0 Å². The fourth-order valence-electron chi connectivity index (χ4n) is 2.29. The molecule has 27 heavy (non-hydrogen) atoms. The molecule has 0 aromatic heterocycles. The Labute approximate surface area is 162 Å². The predicted octanol–water partition coefficient (Wildman–Crippen LogP) is 2.65. The molecule has 8 heteroatoms. The molecule has 0 bridgehead atoms. The van der Waals surface area contributed by atoms with Crippen LogP contribution in [0.5, 0.6) is 0 Å². The van der Waals surface area contributed by atoms with Crippen molar-refractivity contribution in [3.8, 4) is 0 Å². The molecule has 0 aliphatic rings. The molecule has 0 unspecified atom stereocenters. The second-order valence-electron chi connectivity index (χ2n) is 7.13. The van der Waals surface area contributed by atoms with Crippen molar-refractivity contribution in [2.24, 2.45) is 0 Å². The molecule has 0 spiro atoms. The monoisotopic (exact) mass is 404 g/mol. The third kappa shape index (κ3) is 11.4. The van der Waals surface area contributed by atoms with Crippen LogP contribution in [0.15, 0.2) is 23.1 Å². The van der Waals surface area contributed by atoms with E-state index in [1.165, 1.54) is 6.07 Å². The maximum atomic E-state index is 11.4. The van der Waals surface area contributed by atoms with Crippen molar-refractivity contribution in [1.29, 1.82) is 0 Å². The summed E-state index contributed by atoms with van der Waals surface area (Å²) in [6, 6.07) is 4.80. The average Bonchev–Trinajstić information content (AvgIpc) is 2.53. The van der Waals surface area contributed by atoms with Gasteiger partial charge in [0, 0.05) is 0 Å². The van der Waals surface area contributed by atoms with E-state index in [9.17, 15) is 13.0 Å². The van der Waals surface area contributed by atoms with Crippen LogP contribution in [0, 0.1) is 6.92 Å². The van der Waals surface area contributed by atoms with Crippen LogP contribution < -0.4 is 0 Å². The Morgan fingerprint density at radius 2 is 1.41 bits per heavy atom. The Morgan fingerprint density at radius 1 is 0.889 bits per heavy atom. The van der Waals surface area contributed by atoms with Crippen LogP contribution in [0.4, 0.5) is 0 Å². The van der Waals surface area contributed by atoms with Crippen molar-refractivity contribution in [1.82, 2.24) is 0 Å². The van der Waals surface area contributed by atoms with Gasteiger partial charge in [0.05, 0.1) is 56.7 Å². The van der Waals surface area contributed by atoms with Gasteiger partial charge in [-0.05, 0) is 45.7 Å². The summed E-state index contributed by atoms with van der Waals surface area (Å²) in [5.41, 5.74) is 1.32. The van der Waals surface area contributed by atoms with E-state index in [2.05, 4.69) is 0 Å². The molecule has 1 aromatic rings. The lowest BCUT2D eigenvalue weighted by Crippen LogP contribution is -2.22. The van der Waals surface area contributed by atoms with Gasteiger partial charge in [-0.2, -0.15) is 8.42 Å². The SMILES string of the molecule is Cc1ccc(S(=O)(=O)O)c(CCOCCOCCOCCOC(C)(C)C)c1. The molecular formula is C19H32O7S. The number of benzene rings is 1. The molecule has 0 saturated carbocycles. The zero-order chi connectivity index (χ0) is 20.3. The number of ether oxygens (including phenoxy) is 4. The average molecular weight is 405 g/mol. The Morgan fingerprint density at radius 3 is 1.93 bits per heavy atom. The molecule has 1 rings (SSSR count). The maximum Gasteiger partial charge on any atom is 0.294 e. The standard InChI is InChI=1S/C19H32O7S/c1-16-5-6-18(27(20,21)22)17(15-16)7-8-23-9-10-24-11-12-25-13-14-26-19(2,3)4/h5-6,15H,7-14H2,1-4H3,(H,20,21,22). The van der Waals surface area contributed by atoms with Crippen molar-refractivity contribution in [2.45, 2.75) is 44.6 Å². The molecule has 156 valence electrons. The summed E-state index contributed by atoms with van der Waals surface area (Å²) in [6.07, 6.45) is 0.397. The van der Waals surface area contributed by atoms with Crippen LogP contribution in [0.1, 0.15) is 31.9 Å². The van der Waals surface area contributed by atoms with Crippen LogP contribution in [0.25, 0.3) is 0 Å². The van der Waals surface area contributed by atoms with Gasteiger partial charge in [0.1, 0.15) is 0 Å². The minimum absolute atomic E-state index is 0.0689. The largest absolute Gasteiger partial charge is 0.379 e. The molecular weight excluding hydrogens is 372 g/mol. The van der Waals surface area contributed by atoms with Crippen LogP contribution in [0.3, 0.4) is 0 Å². The van der Waals surface area contributed by atoms with Crippen LogP contribution in [-0.4, -0.2) is 64.8 Å². The third-order valence-electron chi connectivity index (χ3n) is 3.52. The fraction of sp³-hybridized carbons (Fsp3) is 0.684. The Kier molecular flexibility index (Phi) is 10.4. The minimum atomic E-state index is -4.23.